The maximum atomic E-state index is 11.8. The van der Waals surface area contributed by atoms with Crippen LogP contribution >= 0.6 is 0 Å². The van der Waals surface area contributed by atoms with Crippen LogP contribution in [0.5, 0.6) is 0 Å². The highest BCUT2D eigenvalue weighted by Gasteiger charge is 2.20. The fourth-order valence-corrected chi connectivity index (χ4v) is 2.42. The first-order chi connectivity index (χ1) is 10.2. The van der Waals surface area contributed by atoms with Gasteiger partial charge in [0.15, 0.2) is 0 Å². The third kappa shape index (κ3) is 2.12. The van der Waals surface area contributed by atoms with Crippen LogP contribution in [0.3, 0.4) is 0 Å². The molecule has 1 atom stereocenters. The van der Waals surface area contributed by atoms with E-state index in [1.165, 1.54) is 0 Å². The molecule has 3 heterocycles. The van der Waals surface area contributed by atoms with Crippen LogP contribution < -0.4 is 11.3 Å². The maximum Gasteiger partial charge on any atom is 0.298 e. The second-order valence-corrected chi connectivity index (χ2v) is 4.55. The highest BCUT2D eigenvalue weighted by atomic mass is 16.1. The molecule has 0 aromatic carbocycles. The molecule has 3 aromatic rings. The van der Waals surface area contributed by atoms with Crippen molar-refractivity contribution in [3.8, 4) is 6.07 Å². The van der Waals surface area contributed by atoms with Crippen molar-refractivity contribution < 1.29 is 0 Å². The number of hydrogen-bond donors (Lipinski definition) is 2. The third-order valence-electron chi connectivity index (χ3n) is 3.33. The number of aromatic amines is 1. The van der Waals surface area contributed by atoms with Crippen LogP contribution in [0, 0.1) is 11.3 Å². The Kier molecular flexibility index (Phi) is 3.12. The molecule has 0 spiro atoms. The number of nitrogens with zero attached hydrogens (tertiary/aromatic N) is 4. The summed E-state index contributed by atoms with van der Waals surface area (Å²) in [6, 6.07) is 7.19. The standard InChI is InChI=1S/C14H12N6O/c15-5-3-10(9-2-1-6-17-8-9)20-11-4-7-18-12(11)13(21)19-14(20)16/h1-2,4,6-8,10,18H,3H2,(H2,16,19,21). The van der Waals surface area contributed by atoms with Gasteiger partial charge in [0.2, 0.25) is 5.95 Å². The molecule has 7 nitrogen and oxygen atoms in total. The molecule has 0 amide bonds. The van der Waals surface area contributed by atoms with Crippen molar-refractivity contribution >= 4 is 17.0 Å². The van der Waals surface area contributed by atoms with Crippen LogP contribution in [0.4, 0.5) is 5.95 Å². The number of nitrogens with two attached hydrogens (primary N) is 1. The third-order valence-corrected chi connectivity index (χ3v) is 3.33. The molecule has 0 fully saturated rings. The molecule has 0 aliphatic heterocycles. The summed E-state index contributed by atoms with van der Waals surface area (Å²) in [5, 5.41) is 9.11. The van der Waals surface area contributed by atoms with E-state index in [1.54, 1.807) is 35.3 Å². The molecular weight excluding hydrogens is 268 g/mol. The lowest BCUT2D eigenvalue weighted by molar-refractivity contribution is 0.611. The molecular formula is C14H12N6O. The second kappa shape index (κ2) is 5.09. The van der Waals surface area contributed by atoms with Crippen molar-refractivity contribution in [2.75, 3.05) is 5.73 Å². The zero-order chi connectivity index (χ0) is 14.8. The summed E-state index contributed by atoms with van der Waals surface area (Å²) >= 11 is 0. The maximum absolute atomic E-state index is 11.8. The Morgan fingerprint density at radius 3 is 3.05 bits per heavy atom. The van der Waals surface area contributed by atoms with Gasteiger partial charge in [-0.15, -0.1) is 0 Å². The predicted octanol–water partition coefficient (Wildman–Crippen LogP) is 1.20. The molecule has 7 heteroatoms. The van der Waals surface area contributed by atoms with E-state index in [0.29, 0.717) is 11.0 Å². The number of H-pyrrole nitrogens is 1. The normalized spacial score (nSPS) is 12.1. The Labute approximate surface area is 119 Å². The summed E-state index contributed by atoms with van der Waals surface area (Å²) in [4.78, 5) is 22.6. The number of rotatable bonds is 3. The zero-order valence-electron chi connectivity index (χ0n) is 11.0. The molecule has 0 aliphatic rings. The summed E-state index contributed by atoms with van der Waals surface area (Å²) in [5.41, 5.74) is 7.34. The topological polar surface area (TPSA) is 113 Å². The van der Waals surface area contributed by atoms with Crippen molar-refractivity contribution in [2.24, 2.45) is 0 Å². The van der Waals surface area contributed by atoms with E-state index < -0.39 is 5.56 Å². The smallest absolute Gasteiger partial charge is 0.298 e. The van der Waals surface area contributed by atoms with Crippen LogP contribution in [0.1, 0.15) is 18.0 Å². The highest BCUT2D eigenvalue weighted by molar-refractivity contribution is 5.76. The minimum atomic E-state index is -0.411. The lowest BCUT2D eigenvalue weighted by Crippen LogP contribution is -2.22. The molecule has 0 saturated carbocycles. The van der Waals surface area contributed by atoms with Crippen molar-refractivity contribution in [1.82, 2.24) is 19.5 Å². The molecule has 0 radical (unpaired) electrons. The number of nitrogens with one attached hydrogen (secondary N) is 1. The Morgan fingerprint density at radius 1 is 1.48 bits per heavy atom. The SMILES string of the molecule is N#CCC(c1cccnc1)n1c(N)nc(=O)c2[nH]ccc21. The molecule has 0 saturated heterocycles. The first kappa shape index (κ1) is 12.9. The quantitative estimate of drug-likeness (QED) is 0.748. The van der Waals surface area contributed by atoms with Gasteiger partial charge in [-0.1, -0.05) is 6.07 Å². The van der Waals surface area contributed by atoms with Gasteiger partial charge in [0.1, 0.15) is 5.52 Å². The number of nitriles is 1. The van der Waals surface area contributed by atoms with Crippen molar-refractivity contribution in [1.29, 1.82) is 5.26 Å². The monoisotopic (exact) mass is 280 g/mol. The van der Waals surface area contributed by atoms with Crippen LogP contribution in [0.2, 0.25) is 0 Å². The van der Waals surface area contributed by atoms with Crippen LogP contribution in [-0.4, -0.2) is 19.5 Å². The van der Waals surface area contributed by atoms with Crippen molar-refractivity contribution in [3.05, 3.63) is 52.7 Å². The average molecular weight is 280 g/mol. The summed E-state index contributed by atoms with van der Waals surface area (Å²) in [7, 11) is 0. The predicted molar refractivity (Wildman–Crippen MR) is 77.4 cm³/mol. The van der Waals surface area contributed by atoms with Gasteiger partial charge in [-0.3, -0.25) is 9.78 Å². The van der Waals surface area contributed by atoms with E-state index >= 15 is 0 Å². The second-order valence-electron chi connectivity index (χ2n) is 4.55. The first-order valence-electron chi connectivity index (χ1n) is 6.34. The van der Waals surface area contributed by atoms with Gasteiger partial charge in [-0.05, 0) is 17.7 Å². The lowest BCUT2D eigenvalue weighted by Gasteiger charge is -2.20. The van der Waals surface area contributed by atoms with Gasteiger partial charge < -0.3 is 15.3 Å². The number of nitrogen functional groups attached to an aromatic ring is 1. The Balaban J connectivity index is 2.28. The largest absolute Gasteiger partial charge is 0.369 e. The van der Waals surface area contributed by atoms with Crippen LogP contribution in [0.25, 0.3) is 11.0 Å². The summed E-state index contributed by atoms with van der Waals surface area (Å²) in [6.45, 7) is 0. The first-order valence-corrected chi connectivity index (χ1v) is 6.34. The molecule has 3 rings (SSSR count). The van der Waals surface area contributed by atoms with E-state index in [2.05, 4.69) is 21.0 Å². The summed E-state index contributed by atoms with van der Waals surface area (Å²) in [5.74, 6) is 0.0798. The number of fused-ring (bicyclic) bond motifs is 1. The van der Waals surface area contributed by atoms with Gasteiger partial charge in [0.25, 0.3) is 5.56 Å². The molecule has 104 valence electrons. The lowest BCUT2D eigenvalue weighted by atomic mass is 10.1. The molecule has 3 N–H and O–H groups in total. The molecule has 21 heavy (non-hydrogen) atoms. The zero-order valence-corrected chi connectivity index (χ0v) is 11.0. The van der Waals surface area contributed by atoms with Crippen molar-refractivity contribution in [3.63, 3.8) is 0 Å². The Bertz CT molecular complexity index is 874. The van der Waals surface area contributed by atoms with Crippen LogP contribution in [0.15, 0.2) is 41.6 Å². The van der Waals surface area contributed by atoms with E-state index in [1.807, 2.05) is 6.07 Å². The number of hydrogen-bond acceptors (Lipinski definition) is 5. The molecule has 0 bridgehead atoms. The van der Waals surface area contributed by atoms with E-state index in [4.69, 9.17) is 11.0 Å². The molecule has 1 unspecified atom stereocenters. The van der Waals surface area contributed by atoms with Gasteiger partial charge >= 0.3 is 0 Å². The summed E-state index contributed by atoms with van der Waals surface area (Å²) < 4.78 is 1.69. The van der Waals surface area contributed by atoms with Gasteiger partial charge in [0, 0.05) is 18.6 Å². The average Bonchev–Trinajstić information content (AvgIpc) is 2.97. The van der Waals surface area contributed by atoms with Crippen molar-refractivity contribution in [2.45, 2.75) is 12.5 Å². The highest BCUT2D eigenvalue weighted by Crippen LogP contribution is 2.26. The minimum Gasteiger partial charge on any atom is -0.369 e. The Hall–Kier alpha value is -3.14. The fourth-order valence-electron chi connectivity index (χ4n) is 2.42. The minimum absolute atomic E-state index is 0.0798. The number of pyridine rings is 1. The van der Waals surface area contributed by atoms with Gasteiger partial charge in [-0.2, -0.15) is 10.2 Å². The summed E-state index contributed by atoms with van der Waals surface area (Å²) in [6.07, 6.45) is 5.18. The number of anilines is 1. The fraction of sp³-hybridized carbons (Fsp3) is 0.143. The van der Waals surface area contributed by atoms with Gasteiger partial charge in [0.05, 0.1) is 24.0 Å². The van der Waals surface area contributed by atoms with E-state index in [-0.39, 0.29) is 18.4 Å². The van der Waals surface area contributed by atoms with Crippen LogP contribution in [-0.2, 0) is 0 Å². The van der Waals surface area contributed by atoms with Gasteiger partial charge in [-0.25, -0.2) is 0 Å². The van der Waals surface area contributed by atoms with E-state index in [0.717, 1.165) is 5.56 Å². The molecule has 3 aromatic heterocycles. The number of aromatic nitrogens is 4. The molecule has 0 aliphatic carbocycles. The van der Waals surface area contributed by atoms with E-state index in [9.17, 15) is 4.79 Å². The Morgan fingerprint density at radius 2 is 2.33 bits per heavy atom.